The van der Waals surface area contributed by atoms with Crippen LogP contribution in [0.15, 0.2) is 108 Å². The zero-order valence-corrected chi connectivity index (χ0v) is 22.6. The molecule has 6 nitrogen and oxygen atoms in total. The second-order valence-electron chi connectivity index (χ2n) is 9.22. The van der Waals surface area contributed by atoms with Crippen molar-refractivity contribution in [1.82, 2.24) is 3.97 Å². The van der Waals surface area contributed by atoms with Crippen molar-refractivity contribution in [2.24, 2.45) is 0 Å². The van der Waals surface area contributed by atoms with Crippen molar-refractivity contribution in [3.8, 4) is 22.6 Å². The molecule has 0 bridgehead atoms. The fourth-order valence-electron chi connectivity index (χ4n) is 4.45. The molecule has 0 unspecified atom stereocenters. The second kappa shape index (κ2) is 11.1. The minimum atomic E-state index is -4.46. The molecule has 5 aromatic rings. The van der Waals surface area contributed by atoms with Gasteiger partial charge in [-0.1, -0.05) is 36.4 Å². The normalized spacial score (nSPS) is 11.9. The summed E-state index contributed by atoms with van der Waals surface area (Å²) in [6.45, 7) is 0. The molecule has 0 spiro atoms. The predicted octanol–water partition coefficient (Wildman–Crippen LogP) is 7.46. The van der Waals surface area contributed by atoms with Crippen LogP contribution in [0.5, 0.6) is 11.5 Å². The lowest BCUT2D eigenvalue weighted by Crippen LogP contribution is -2.11. The lowest BCUT2D eigenvalue weighted by atomic mass is 10.0. The van der Waals surface area contributed by atoms with E-state index in [1.165, 1.54) is 53.7 Å². The van der Waals surface area contributed by atoms with Crippen LogP contribution >= 0.6 is 0 Å². The number of carbonyl (C=O) groups excluding carboxylic acids is 1. The molecule has 4 aromatic carbocycles. The summed E-state index contributed by atoms with van der Waals surface area (Å²) >= 11 is 0. The summed E-state index contributed by atoms with van der Waals surface area (Å²) in [5.41, 5.74) is 2.20. The van der Waals surface area contributed by atoms with E-state index in [2.05, 4.69) is 0 Å². The Bertz CT molecular complexity index is 1800. The van der Waals surface area contributed by atoms with Gasteiger partial charge in [0.15, 0.2) is 0 Å². The Hall–Kier alpha value is -4.57. The zero-order chi connectivity index (χ0) is 29.2. The van der Waals surface area contributed by atoms with Crippen LogP contribution < -0.4 is 4.74 Å². The van der Waals surface area contributed by atoms with Crippen molar-refractivity contribution in [2.75, 3.05) is 7.11 Å². The number of methoxy groups -OCH3 is 1. The molecule has 41 heavy (non-hydrogen) atoms. The van der Waals surface area contributed by atoms with Gasteiger partial charge in [0, 0.05) is 18.0 Å². The maximum atomic E-state index is 13.7. The number of carbonyl (C=O) groups is 1. The first-order valence-electron chi connectivity index (χ1n) is 12.5. The van der Waals surface area contributed by atoms with Gasteiger partial charge in [0.2, 0.25) is 0 Å². The van der Waals surface area contributed by atoms with Gasteiger partial charge in [-0.25, -0.2) is 12.4 Å². The molecule has 0 N–H and O–H groups in total. The van der Waals surface area contributed by atoms with Gasteiger partial charge in [0.25, 0.3) is 10.0 Å². The second-order valence-corrected chi connectivity index (χ2v) is 11.0. The van der Waals surface area contributed by atoms with Crippen LogP contribution in [-0.4, -0.2) is 25.5 Å². The molecule has 0 fully saturated rings. The summed E-state index contributed by atoms with van der Waals surface area (Å²) in [5.74, 6) is 0.0263. The molecule has 0 atom stereocenters. The van der Waals surface area contributed by atoms with E-state index < -0.39 is 27.7 Å². The van der Waals surface area contributed by atoms with Gasteiger partial charge in [-0.15, -0.1) is 0 Å². The zero-order valence-electron chi connectivity index (χ0n) is 21.8. The van der Waals surface area contributed by atoms with Crippen molar-refractivity contribution in [3.05, 3.63) is 114 Å². The molecule has 10 heteroatoms. The van der Waals surface area contributed by atoms with Crippen molar-refractivity contribution in [3.63, 3.8) is 0 Å². The quantitative estimate of drug-likeness (QED) is 0.178. The fraction of sp³-hybridized carbons (Fsp3) is 0.129. The number of halogens is 3. The van der Waals surface area contributed by atoms with Crippen LogP contribution in [0, 0.1) is 0 Å². The number of alkyl halides is 3. The molecule has 1 heterocycles. The number of ether oxygens (including phenoxy) is 2. The Labute approximate surface area is 234 Å². The number of esters is 1. The molecular formula is C31H24F3NO5S. The highest BCUT2D eigenvalue weighted by molar-refractivity contribution is 7.90. The molecule has 0 saturated carbocycles. The van der Waals surface area contributed by atoms with Crippen LogP contribution in [0.2, 0.25) is 0 Å². The number of fused-ring (bicyclic) bond motifs is 1. The van der Waals surface area contributed by atoms with Crippen LogP contribution in [0.1, 0.15) is 17.5 Å². The molecule has 0 aliphatic rings. The number of rotatable bonds is 8. The summed E-state index contributed by atoms with van der Waals surface area (Å²) in [6, 6.07) is 24.9. The first-order chi connectivity index (χ1) is 19.6. The number of hydrogen-bond donors (Lipinski definition) is 0. The highest BCUT2D eigenvalue weighted by atomic mass is 32.2. The lowest BCUT2D eigenvalue weighted by molar-refractivity contribution is -0.140. The smallest absolute Gasteiger partial charge is 0.416 e. The largest absolute Gasteiger partial charge is 0.469 e. The third kappa shape index (κ3) is 5.97. The highest BCUT2D eigenvalue weighted by Gasteiger charge is 2.30. The first kappa shape index (κ1) is 28.0. The van der Waals surface area contributed by atoms with Crippen LogP contribution in [0.4, 0.5) is 13.2 Å². The molecular weight excluding hydrogens is 555 g/mol. The number of aryl methyl sites for hydroxylation is 1. The molecule has 210 valence electrons. The van der Waals surface area contributed by atoms with Crippen LogP contribution in [0.25, 0.3) is 22.0 Å². The maximum Gasteiger partial charge on any atom is 0.416 e. The van der Waals surface area contributed by atoms with Gasteiger partial charge in [-0.3, -0.25) is 4.79 Å². The third-order valence-corrected chi connectivity index (χ3v) is 8.27. The van der Waals surface area contributed by atoms with E-state index in [-0.39, 0.29) is 29.2 Å². The minimum absolute atomic E-state index is 0.0131. The summed E-state index contributed by atoms with van der Waals surface area (Å²) in [4.78, 5) is 11.8. The Kier molecular flexibility index (Phi) is 7.59. The maximum absolute atomic E-state index is 13.7. The Morgan fingerprint density at radius 1 is 0.829 bits per heavy atom. The van der Waals surface area contributed by atoms with Crippen molar-refractivity contribution < 1.29 is 35.9 Å². The number of hydrogen-bond acceptors (Lipinski definition) is 5. The van der Waals surface area contributed by atoms with Gasteiger partial charge in [0.1, 0.15) is 11.5 Å². The number of aromatic nitrogens is 1. The van der Waals surface area contributed by atoms with E-state index in [1.54, 1.807) is 6.07 Å². The van der Waals surface area contributed by atoms with Gasteiger partial charge in [-0.2, -0.15) is 13.2 Å². The molecule has 0 radical (unpaired) electrons. The summed E-state index contributed by atoms with van der Waals surface area (Å²) in [6.07, 6.45) is -2.57. The van der Waals surface area contributed by atoms with Gasteiger partial charge < -0.3 is 9.47 Å². The number of nitrogens with zero attached hydrogens (tertiary/aromatic N) is 1. The van der Waals surface area contributed by atoms with E-state index in [1.807, 2.05) is 42.5 Å². The Morgan fingerprint density at radius 2 is 1.46 bits per heavy atom. The Balaban J connectivity index is 1.47. The molecule has 5 rings (SSSR count). The molecule has 0 aliphatic heterocycles. The summed E-state index contributed by atoms with van der Waals surface area (Å²) in [5, 5.41) is 0.695. The van der Waals surface area contributed by atoms with E-state index in [4.69, 9.17) is 9.47 Å². The third-order valence-electron chi connectivity index (χ3n) is 6.58. The van der Waals surface area contributed by atoms with Crippen LogP contribution in [0.3, 0.4) is 0 Å². The van der Waals surface area contributed by atoms with Gasteiger partial charge in [-0.05, 0) is 83.8 Å². The van der Waals surface area contributed by atoms with E-state index in [9.17, 15) is 26.4 Å². The number of benzene rings is 4. The fourth-order valence-corrected chi connectivity index (χ4v) is 5.85. The summed E-state index contributed by atoms with van der Waals surface area (Å²) < 4.78 is 77.5. The van der Waals surface area contributed by atoms with Crippen molar-refractivity contribution in [2.45, 2.75) is 23.9 Å². The van der Waals surface area contributed by atoms with E-state index >= 15 is 0 Å². The SMILES string of the molecule is COC(=O)CCc1cn(S(=O)(=O)c2ccc(Oc3ccc(C(F)(F)F)cc3)cc2)c2ccc(-c3ccccc3)cc12. The molecule has 0 amide bonds. The predicted molar refractivity (Wildman–Crippen MR) is 148 cm³/mol. The standard InChI is InChI=1S/C31H24F3NO5S/c1-39-30(36)18-8-23-20-35(29-17-7-22(19-28(23)29)21-5-3-2-4-6-21)41(37,38)27-15-13-26(14-16-27)40-25-11-9-24(10-12-25)31(32,33)34/h2-7,9-17,19-20H,8,18H2,1H3. The van der Waals surface area contributed by atoms with Crippen molar-refractivity contribution >= 4 is 26.9 Å². The molecule has 0 saturated heterocycles. The van der Waals surface area contributed by atoms with E-state index in [0.717, 1.165) is 23.3 Å². The molecule has 1 aromatic heterocycles. The Morgan fingerprint density at radius 3 is 2.07 bits per heavy atom. The van der Waals surface area contributed by atoms with Gasteiger partial charge in [0.05, 0.1) is 23.1 Å². The molecule has 0 aliphatic carbocycles. The average Bonchev–Trinajstić information content (AvgIpc) is 3.35. The average molecular weight is 580 g/mol. The lowest BCUT2D eigenvalue weighted by Gasteiger charge is -2.11. The van der Waals surface area contributed by atoms with Crippen molar-refractivity contribution in [1.29, 1.82) is 0 Å². The minimum Gasteiger partial charge on any atom is -0.469 e. The van der Waals surface area contributed by atoms with Crippen LogP contribution in [-0.2, 0) is 32.2 Å². The highest BCUT2D eigenvalue weighted by Crippen LogP contribution is 2.33. The topological polar surface area (TPSA) is 74.6 Å². The monoisotopic (exact) mass is 579 g/mol. The van der Waals surface area contributed by atoms with E-state index in [0.29, 0.717) is 16.5 Å². The summed E-state index contributed by atoms with van der Waals surface area (Å²) in [7, 11) is -2.76. The first-order valence-corrected chi connectivity index (χ1v) is 14.0. The van der Waals surface area contributed by atoms with Gasteiger partial charge >= 0.3 is 12.1 Å².